The van der Waals surface area contributed by atoms with Crippen LogP contribution < -0.4 is 19.5 Å². The normalized spacial score (nSPS) is 11.5. The summed E-state index contributed by atoms with van der Waals surface area (Å²) in [6.45, 7) is 2.61. The van der Waals surface area contributed by atoms with Crippen LogP contribution in [0.5, 0.6) is 17.2 Å². The molecule has 0 spiro atoms. The molecule has 0 bridgehead atoms. The Balaban J connectivity index is 2.12. The number of hydrogen-bond acceptors (Lipinski definition) is 5. The molecule has 0 aliphatic carbocycles. The van der Waals surface area contributed by atoms with E-state index in [1.807, 2.05) is 25.1 Å². The van der Waals surface area contributed by atoms with Gasteiger partial charge in [0.15, 0.2) is 0 Å². The molecule has 2 aromatic rings. The highest BCUT2D eigenvalue weighted by Gasteiger charge is 2.13. The lowest BCUT2D eigenvalue weighted by Crippen LogP contribution is -2.35. The Kier molecular flexibility index (Phi) is 7.29. The van der Waals surface area contributed by atoms with Gasteiger partial charge in [-0.1, -0.05) is 6.07 Å². The number of hydrogen-bond donors (Lipinski definition) is 1. The lowest BCUT2D eigenvalue weighted by molar-refractivity contribution is 0.0905. The zero-order valence-corrected chi connectivity index (χ0v) is 15.6. The number of methoxy groups -OCH3 is 3. The van der Waals surface area contributed by atoms with Crippen molar-refractivity contribution in [2.24, 2.45) is 0 Å². The summed E-state index contributed by atoms with van der Waals surface area (Å²) in [5, 5.41) is 2.89. The van der Waals surface area contributed by atoms with Gasteiger partial charge in [-0.25, -0.2) is 0 Å². The van der Waals surface area contributed by atoms with Crippen LogP contribution in [0.1, 0.15) is 22.8 Å². The van der Waals surface area contributed by atoms with E-state index in [0.29, 0.717) is 23.7 Å². The maximum Gasteiger partial charge on any atom is 0.251 e. The first-order valence-corrected chi connectivity index (χ1v) is 8.31. The number of carbonyl (C=O) groups excluding carboxylic acids is 1. The van der Waals surface area contributed by atoms with Crippen LogP contribution in [-0.2, 0) is 11.3 Å². The Labute approximate surface area is 154 Å². The van der Waals surface area contributed by atoms with Crippen molar-refractivity contribution in [3.05, 3.63) is 53.6 Å². The second-order valence-electron chi connectivity index (χ2n) is 5.82. The van der Waals surface area contributed by atoms with Gasteiger partial charge >= 0.3 is 0 Å². The fourth-order valence-corrected chi connectivity index (χ4v) is 2.48. The quantitative estimate of drug-likeness (QED) is 0.745. The molecule has 0 fully saturated rings. The first kappa shape index (κ1) is 19.6. The number of rotatable bonds is 9. The van der Waals surface area contributed by atoms with Crippen molar-refractivity contribution in [2.45, 2.75) is 19.6 Å². The third kappa shape index (κ3) is 5.39. The summed E-state index contributed by atoms with van der Waals surface area (Å²) in [6, 6.07) is 12.5. The molecular formula is C20H25NO5. The average molecular weight is 359 g/mol. The Bertz CT molecular complexity index is 732. The van der Waals surface area contributed by atoms with Crippen LogP contribution in [0, 0.1) is 0 Å². The number of ether oxygens (including phenoxy) is 4. The van der Waals surface area contributed by atoms with E-state index < -0.39 is 0 Å². The Hall–Kier alpha value is -2.73. The van der Waals surface area contributed by atoms with E-state index in [-0.39, 0.29) is 18.6 Å². The average Bonchev–Trinajstić information content (AvgIpc) is 2.66. The summed E-state index contributed by atoms with van der Waals surface area (Å²) in [6.07, 6.45) is 0. The van der Waals surface area contributed by atoms with E-state index in [0.717, 1.165) is 11.3 Å². The van der Waals surface area contributed by atoms with Crippen LogP contribution in [0.3, 0.4) is 0 Å². The molecule has 6 heteroatoms. The zero-order valence-electron chi connectivity index (χ0n) is 15.6. The number of carbonyl (C=O) groups is 1. The number of nitrogens with one attached hydrogen (secondary N) is 1. The second kappa shape index (κ2) is 9.68. The topological polar surface area (TPSA) is 66.0 Å². The fraction of sp³-hybridized carbons (Fsp3) is 0.350. The Morgan fingerprint density at radius 2 is 1.81 bits per heavy atom. The van der Waals surface area contributed by atoms with Gasteiger partial charge in [-0.05, 0) is 37.3 Å². The summed E-state index contributed by atoms with van der Waals surface area (Å²) in [5.74, 6) is 1.89. The molecule has 0 saturated heterocycles. The first-order valence-electron chi connectivity index (χ1n) is 8.31. The van der Waals surface area contributed by atoms with Crippen molar-refractivity contribution in [1.29, 1.82) is 0 Å². The van der Waals surface area contributed by atoms with Crippen LogP contribution in [0.25, 0.3) is 0 Å². The molecule has 26 heavy (non-hydrogen) atoms. The minimum absolute atomic E-state index is 0.0777. The summed E-state index contributed by atoms with van der Waals surface area (Å²) < 4.78 is 21.4. The monoisotopic (exact) mass is 359 g/mol. The number of benzene rings is 2. The summed E-state index contributed by atoms with van der Waals surface area (Å²) in [7, 11) is 4.80. The highest BCUT2D eigenvalue weighted by molar-refractivity contribution is 5.94. The van der Waals surface area contributed by atoms with Gasteiger partial charge in [0.05, 0.1) is 20.8 Å². The molecule has 0 aliphatic heterocycles. The van der Waals surface area contributed by atoms with Crippen molar-refractivity contribution < 1.29 is 23.7 Å². The predicted octanol–water partition coefficient (Wildman–Crippen LogP) is 3.05. The van der Waals surface area contributed by atoms with Gasteiger partial charge < -0.3 is 24.3 Å². The molecule has 0 heterocycles. The molecule has 0 unspecified atom stereocenters. The molecule has 2 aromatic carbocycles. The van der Waals surface area contributed by atoms with Crippen LogP contribution in [0.15, 0.2) is 42.5 Å². The van der Waals surface area contributed by atoms with Crippen molar-refractivity contribution in [3.63, 3.8) is 0 Å². The lowest BCUT2D eigenvalue weighted by Gasteiger charge is -2.15. The van der Waals surface area contributed by atoms with Gasteiger partial charge in [0.25, 0.3) is 5.91 Å². The highest BCUT2D eigenvalue weighted by Crippen LogP contribution is 2.24. The third-order valence-corrected chi connectivity index (χ3v) is 3.77. The van der Waals surface area contributed by atoms with E-state index in [1.165, 1.54) is 0 Å². The predicted molar refractivity (Wildman–Crippen MR) is 99.1 cm³/mol. The molecule has 0 radical (unpaired) electrons. The highest BCUT2D eigenvalue weighted by atomic mass is 16.5. The molecule has 1 amide bonds. The van der Waals surface area contributed by atoms with Gasteiger partial charge in [0.1, 0.15) is 23.9 Å². The van der Waals surface area contributed by atoms with E-state index in [4.69, 9.17) is 18.9 Å². The Morgan fingerprint density at radius 1 is 1.04 bits per heavy atom. The SMILES string of the molecule is COC[C@@H](C)NC(=O)c1ccc(OC)c(COc2cccc(OC)c2)c1. The fourth-order valence-electron chi connectivity index (χ4n) is 2.48. The molecule has 140 valence electrons. The van der Waals surface area contributed by atoms with Crippen LogP contribution in [0.2, 0.25) is 0 Å². The molecule has 0 aliphatic rings. The van der Waals surface area contributed by atoms with Crippen molar-refractivity contribution in [1.82, 2.24) is 5.32 Å². The lowest BCUT2D eigenvalue weighted by atomic mass is 10.1. The molecular weight excluding hydrogens is 334 g/mol. The first-order chi connectivity index (χ1) is 12.6. The molecule has 0 saturated carbocycles. The van der Waals surface area contributed by atoms with E-state index in [1.54, 1.807) is 45.6 Å². The molecule has 6 nitrogen and oxygen atoms in total. The molecule has 1 atom stereocenters. The van der Waals surface area contributed by atoms with E-state index in [9.17, 15) is 4.79 Å². The minimum atomic E-state index is -0.167. The standard InChI is InChI=1S/C20H25NO5/c1-14(12-23-2)21-20(22)15-8-9-19(25-4)16(10-15)13-26-18-7-5-6-17(11-18)24-3/h5-11,14H,12-13H2,1-4H3,(H,21,22)/t14-/m1/s1. The van der Waals surface area contributed by atoms with Crippen molar-refractivity contribution in [3.8, 4) is 17.2 Å². The molecule has 0 aromatic heterocycles. The van der Waals surface area contributed by atoms with Crippen LogP contribution >= 0.6 is 0 Å². The number of amides is 1. The maximum atomic E-state index is 12.4. The van der Waals surface area contributed by atoms with Gasteiger partial charge in [-0.2, -0.15) is 0 Å². The summed E-state index contributed by atoms with van der Waals surface area (Å²) in [4.78, 5) is 12.4. The van der Waals surface area contributed by atoms with Crippen LogP contribution in [-0.4, -0.2) is 39.9 Å². The zero-order chi connectivity index (χ0) is 18.9. The van der Waals surface area contributed by atoms with Crippen LogP contribution in [0.4, 0.5) is 0 Å². The smallest absolute Gasteiger partial charge is 0.251 e. The minimum Gasteiger partial charge on any atom is -0.497 e. The summed E-state index contributed by atoms with van der Waals surface area (Å²) >= 11 is 0. The van der Waals surface area contributed by atoms with Gasteiger partial charge in [-0.15, -0.1) is 0 Å². The second-order valence-corrected chi connectivity index (χ2v) is 5.82. The van der Waals surface area contributed by atoms with Gasteiger partial charge in [0, 0.05) is 30.3 Å². The van der Waals surface area contributed by atoms with E-state index >= 15 is 0 Å². The summed E-state index contributed by atoms with van der Waals surface area (Å²) in [5.41, 5.74) is 1.32. The van der Waals surface area contributed by atoms with E-state index in [2.05, 4.69) is 5.32 Å². The van der Waals surface area contributed by atoms with Crippen molar-refractivity contribution in [2.75, 3.05) is 27.9 Å². The molecule has 2 rings (SSSR count). The molecule has 1 N–H and O–H groups in total. The Morgan fingerprint density at radius 3 is 2.50 bits per heavy atom. The maximum absolute atomic E-state index is 12.4. The van der Waals surface area contributed by atoms with Gasteiger partial charge in [0.2, 0.25) is 0 Å². The van der Waals surface area contributed by atoms with Gasteiger partial charge in [-0.3, -0.25) is 4.79 Å². The third-order valence-electron chi connectivity index (χ3n) is 3.77. The van der Waals surface area contributed by atoms with Crippen molar-refractivity contribution >= 4 is 5.91 Å². The largest absolute Gasteiger partial charge is 0.497 e.